The topological polar surface area (TPSA) is 86.6 Å². The second kappa shape index (κ2) is 3.70. The fraction of sp³-hybridized carbons (Fsp3) is 0.286. The molecule has 0 bridgehead atoms. The minimum atomic E-state index is -0.724. The van der Waals surface area contributed by atoms with Gasteiger partial charge in [0.2, 0.25) is 0 Å². The van der Waals surface area contributed by atoms with Gasteiger partial charge in [0.1, 0.15) is 0 Å². The van der Waals surface area contributed by atoms with E-state index < -0.39 is 17.9 Å². The predicted octanol–water partition coefficient (Wildman–Crippen LogP) is -0.712. The fourth-order valence-electron chi connectivity index (χ4n) is 0.758. The number of nitrogens with zero attached hydrogens (tertiary/aromatic N) is 1. The molecule has 0 aromatic carbocycles. The van der Waals surface area contributed by atoms with E-state index >= 15 is 0 Å². The molecule has 0 saturated carbocycles. The molecule has 0 unspecified atom stereocenters. The second-order valence-corrected chi connectivity index (χ2v) is 2.30. The number of hydrogen-bond acceptors (Lipinski definition) is 4. The summed E-state index contributed by atoms with van der Waals surface area (Å²) >= 11 is 0. The van der Waals surface area contributed by atoms with Crippen molar-refractivity contribution >= 4 is 17.9 Å². The number of rotatable bonds is 2. The number of methoxy groups -OCH3 is 1. The van der Waals surface area contributed by atoms with Gasteiger partial charge in [0, 0.05) is 11.8 Å². The number of ether oxygens (including phenoxy) is 1. The molecule has 0 atom stereocenters. The van der Waals surface area contributed by atoms with Crippen LogP contribution >= 0.6 is 0 Å². The van der Waals surface area contributed by atoms with E-state index in [1.165, 1.54) is 7.11 Å². The van der Waals surface area contributed by atoms with Gasteiger partial charge in [-0.05, 0) is 0 Å². The molecule has 1 heterocycles. The van der Waals surface area contributed by atoms with Crippen molar-refractivity contribution in [1.29, 1.82) is 0 Å². The SMILES string of the molecule is COC(=O)CC1=C[N]C(=O)NC1=O. The van der Waals surface area contributed by atoms with Crippen LogP contribution in [-0.2, 0) is 14.3 Å². The lowest BCUT2D eigenvalue weighted by Crippen LogP contribution is -2.39. The van der Waals surface area contributed by atoms with Crippen molar-refractivity contribution in [1.82, 2.24) is 10.6 Å². The molecule has 0 saturated heterocycles. The Hall–Kier alpha value is -1.85. The first-order valence-electron chi connectivity index (χ1n) is 3.45. The van der Waals surface area contributed by atoms with Gasteiger partial charge in [-0.3, -0.25) is 14.9 Å². The zero-order valence-electron chi connectivity index (χ0n) is 6.86. The summed E-state index contributed by atoms with van der Waals surface area (Å²) in [6, 6.07) is -0.724. The summed E-state index contributed by atoms with van der Waals surface area (Å²) in [7, 11) is 1.21. The average molecular weight is 183 g/mol. The number of amides is 3. The van der Waals surface area contributed by atoms with Crippen molar-refractivity contribution < 1.29 is 19.1 Å². The molecule has 0 aliphatic carbocycles. The van der Waals surface area contributed by atoms with E-state index in [9.17, 15) is 14.4 Å². The minimum Gasteiger partial charge on any atom is -0.469 e. The molecule has 0 fully saturated rings. The second-order valence-electron chi connectivity index (χ2n) is 2.30. The summed E-state index contributed by atoms with van der Waals surface area (Å²) in [6.07, 6.45) is 0.886. The molecule has 69 valence electrons. The standard InChI is InChI=1S/C7H7N2O4/c1-13-5(10)2-4-3-8-7(12)9-6(4)11/h3H,2H2,1H3,(H,9,11,12). The number of imide groups is 1. The number of urea groups is 1. The van der Waals surface area contributed by atoms with Crippen LogP contribution in [0.25, 0.3) is 0 Å². The van der Waals surface area contributed by atoms with Gasteiger partial charge >= 0.3 is 12.0 Å². The molecule has 1 radical (unpaired) electrons. The van der Waals surface area contributed by atoms with Gasteiger partial charge in [-0.15, -0.1) is 0 Å². The highest BCUT2D eigenvalue weighted by atomic mass is 16.5. The van der Waals surface area contributed by atoms with E-state index in [1.807, 2.05) is 5.32 Å². The molecular formula is C7H7N2O4. The molecule has 0 spiro atoms. The summed E-state index contributed by atoms with van der Waals surface area (Å²) in [5.74, 6) is -1.16. The maximum atomic E-state index is 11.0. The third kappa shape index (κ3) is 2.29. The van der Waals surface area contributed by atoms with Gasteiger partial charge in [-0.1, -0.05) is 0 Å². The monoisotopic (exact) mass is 183 g/mol. The molecular weight excluding hydrogens is 176 g/mol. The average Bonchev–Trinajstić information content (AvgIpc) is 2.09. The maximum absolute atomic E-state index is 11.0. The number of nitrogens with one attached hydrogen (secondary N) is 1. The van der Waals surface area contributed by atoms with Crippen molar-refractivity contribution in [2.75, 3.05) is 7.11 Å². The first kappa shape index (κ1) is 9.24. The summed E-state index contributed by atoms with van der Waals surface area (Å²) in [5, 5.41) is 5.25. The summed E-state index contributed by atoms with van der Waals surface area (Å²) in [4.78, 5) is 32.2. The first-order chi connectivity index (χ1) is 6.13. The van der Waals surface area contributed by atoms with Gasteiger partial charge in [0.05, 0.1) is 13.5 Å². The Kier molecular flexibility index (Phi) is 2.63. The molecule has 0 aromatic rings. The lowest BCUT2D eigenvalue weighted by Gasteiger charge is -2.10. The Balaban J connectivity index is 2.64. The molecule has 0 aromatic heterocycles. The van der Waals surface area contributed by atoms with E-state index in [-0.39, 0.29) is 12.0 Å². The van der Waals surface area contributed by atoms with Gasteiger partial charge < -0.3 is 4.74 Å². The van der Waals surface area contributed by atoms with Gasteiger partial charge in [0.25, 0.3) is 5.91 Å². The van der Waals surface area contributed by atoms with E-state index in [0.29, 0.717) is 0 Å². The lowest BCUT2D eigenvalue weighted by atomic mass is 10.2. The molecule has 1 aliphatic heterocycles. The largest absolute Gasteiger partial charge is 0.469 e. The van der Waals surface area contributed by atoms with Crippen molar-refractivity contribution in [2.24, 2.45) is 0 Å². The summed E-state index contributed by atoms with van der Waals surface area (Å²) in [5.41, 5.74) is 0.117. The van der Waals surface area contributed by atoms with Crippen LogP contribution in [0.1, 0.15) is 6.42 Å². The van der Waals surface area contributed by atoms with Crippen LogP contribution in [0.2, 0.25) is 0 Å². The normalized spacial score (nSPS) is 15.6. The number of carbonyl (C=O) groups excluding carboxylic acids is 3. The highest BCUT2D eigenvalue weighted by Crippen LogP contribution is 2.05. The Morgan fingerprint density at radius 3 is 2.85 bits per heavy atom. The van der Waals surface area contributed by atoms with E-state index in [1.54, 1.807) is 0 Å². The van der Waals surface area contributed by atoms with Crippen LogP contribution in [0, 0.1) is 0 Å². The highest BCUT2D eigenvalue weighted by molar-refractivity contribution is 6.08. The zero-order valence-corrected chi connectivity index (χ0v) is 6.86. The molecule has 3 amide bonds. The Morgan fingerprint density at radius 1 is 1.62 bits per heavy atom. The third-order valence-electron chi connectivity index (χ3n) is 1.41. The smallest absolute Gasteiger partial charge is 0.347 e. The van der Waals surface area contributed by atoms with Crippen molar-refractivity contribution in [2.45, 2.75) is 6.42 Å². The van der Waals surface area contributed by atoms with Crippen LogP contribution in [-0.4, -0.2) is 25.0 Å². The molecule has 6 heteroatoms. The van der Waals surface area contributed by atoms with E-state index in [4.69, 9.17) is 0 Å². The maximum Gasteiger partial charge on any atom is 0.347 e. The van der Waals surface area contributed by atoms with Crippen molar-refractivity contribution in [3.05, 3.63) is 11.8 Å². The van der Waals surface area contributed by atoms with Crippen LogP contribution in [0.5, 0.6) is 0 Å². The van der Waals surface area contributed by atoms with Crippen LogP contribution < -0.4 is 10.6 Å². The summed E-state index contributed by atoms with van der Waals surface area (Å²) in [6.45, 7) is 0. The number of carbonyl (C=O) groups is 3. The number of esters is 1. The van der Waals surface area contributed by atoms with E-state index in [2.05, 4.69) is 10.1 Å². The van der Waals surface area contributed by atoms with E-state index in [0.717, 1.165) is 6.20 Å². The van der Waals surface area contributed by atoms with Gasteiger partial charge in [-0.2, -0.15) is 0 Å². The van der Waals surface area contributed by atoms with Crippen LogP contribution in [0.3, 0.4) is 0 Å². The molecule has 1 rings (SSSR count). The number of hydrogen-bond donors (Lipinski definition) is 1. The van der Waals surface area contributed by atoms with Crippen molar-refractivity contribution in [3.8, 4) is 0 Å². The highest BCUT2D eigenvalue weighted by Gasteiger charge is 2.21. The Bertz CT molecular complexity index is 295. The predicted molar refractivity (Wildman–Crippen MR) is 40.4 cm³/mol. The Labute approximate surface area is 73.9 Å². The quantitative estimate of drug-likeness (QED) is 0.573. The fourth-order valence-corrected chi connectivity index (χ4v) is 0.758. The minimum absolute atomic E-state index is 0.117. The van der Waals surface area contributed by atoms with Crippen LogP contribution in [0.4, 0.5) is 4.79 Å². The van der Waals surface area contributed by atoms with Gasteiger partial charge in [-0.25, -0.2) is 10.1 Å². The molecule has 6 nitrogen and oxygen atoms in total. The first-order valence-corrected chi connectivity index (χ1v) is 3.45. The van der Waals surface area contributed by atoms with Crippen LogP contribution in [0.15, 0.2) is 11.8 Å². The third-order valence-corrected chi connectivity index (χ3v) is 1.41. The Morgan fingerprint density at radius 2 is 2.31 bits per heavy atom. The summed E-state index contributed by atoms with van der Waals surface area (Å²) < 4.78 is 4.34. The molecule has 13 heavy (non-hydrogen) atoms. The zero-order chi connectivity index (χ0) is 9.84. The molecule has 1 N–H and O–H groups in total. The molecule has 1 aliphatic rings. The lowest BCUT2D eigenvalue weighted by molar-refractivity contribution is -0.140. The van der Waals surface area contributed by atoms with Gasteiger partial charge in [0.15, 0.2) is 0 Å². The van der Waals surface area contributed by atoms with Crippen molar-refractivity contribution in [3.63, 3.8) is 0 Å².